The van der Waals surface area contributed by atoms with Crippen LogP contribution in [0.3, 0.4) is 0 Å². The van der Waals surface area contributed by atoms with Crippen LogP contribution in [0.1, 0.15) is 5.56 Å². The van der Waals surface area contributed by atoms with Gasteiger partial charge in [0.15, 0.2) is 16.6 Å². The first-order chi connectivity index (χ1) is 10.3. The number of nitrogens with zero attached hydrogens (tertiary/aromatic N) is 2. The van der Waals surface area contributed by atoms with Crippen molar-refractivity contribution in [2.24, 2.45) is 0 Å². The molecule has 3 rings (SSSR count). The number of benzene rings is 1. The predicted octanol–water partition coefficient (Wildman–Crippen LogP) is 2.42. The number of hydrogen-bond acceptors (Lipinski definition) is 6. The van der Waals surface area contributed by atoms with Gasteiger partial charge in [-0.05, 0) is 23.8 Å². The molecule has 0 fully saturated rings. The van der Waals surface area contributed by atoms with Gasteiger partial charge in [-0.1, -0.05) is 6.07 Å². The van der Waals surface area contributed by atoms with E-state index < -0.39 is 5.91 Å². The Morgan fingerprint density at radius 3 is 3.05 bits per heavy atom. The van der Waals surface area contributed by atoms with Gasteiger partial charge in [-0.25, -0.2) is 4.98 Å². The van der Waals surface area contributed by atoms with E-state index >= 15 is 0 Å². The highest BCUT2D eigenvalue weighted by Crippen LogP contribution is 2.33. The molecule has 6 nitrogen and oxygen atoms in total. The van der Waals surface area contributed by atoms with Gasteiger partial charge in [-0.15, -0.1) is 11.3 Å². The lowest BCUT2D eigenvalue weighted by Crippen LogP contribution is -2.13. The summed E-state index contributed by atoms with van der Waals surface area (Å²) in [7, 11) is 0. The Balaban J connectivity index is 1.82. The monoisotopic (exact) mass is 299 g/mol. The van der Waals surface area contributed by atoms with E-state index in [0.29, 0.717) is 22.2 Å². The molecule has 0 saturated heterocycles. The quantitative estimate of drug-likeness (QED) is 0.695. The highest BCUT2D eigenvalue weighted by Gasteiger charge is 2.14. The fourth-order valence-corrected chi connectivity index (χ4v) is 2.29. The number of amides is 1. The van der Waals surface area contributed by atoms with E-state index in [-0.39, 0.29) is 12.4 Å². The second-order valence-electron chi connectivity index (χ2n) is 4.07. The van der Waals surface area contributed by atoms with Crippen molar-refractivity contribution in [3.05, 3.63) is 40.9 Å². The average Bonchev–Trinajstić information content (AvgIpc) is 3.14. The van der Waals surface area contributed by atoms with E-state index in [1.54, 1.807) is 29.8 Å². The van der Waals surface area contributed by atoms with Gasteiger partial charge in [0.2, 0.25) is 6.79 Å². The van der Waals surface area contributed by atoms with Crippen molar-refractivity contribution in [2.45, 2.75) is 0 Å². The molecule has 0 bridgehead atoms. The van der Waals surface area contributed by atoms with Gasteiger partial charge >= 0.3 is 0 Å². The number of fused-ring (bicyclic) bond motifs is 1. The molecule has 0 unspecified atom stereocenters. The maximum atomic E-state index is 12.0. The molecule has 0 saturated carbocycles. The summed E-state index contributed by atoms with van der Waals surface area (Å²) in [5, 5.41) is 13.9. The Morgan fingerprint density at radius 2 is 2.29 bits per heavy atom. The third kappa shape index (κ3) is 2.85. The number of carbonyl (C=O) groups excluding carboxylic acids is 1. The fraction of sp³-hybridized carbons (Fsp3) is 0.0714. The fourth-order valence-electron chi connectivity index (χ4n) is 1.77. The zero-order valence-electron chi connectivity index (χ0n) is 10.7. The summed E-state index contributed by atoms with van der Waals surface area (Å²) in [6, 6.07) is 7.09. The summed E-state index contributed by atoms with van der Waals surface area (Å²) in [4.78, 5) is 15.9. The molecule has 0 spiro atoms. The normalized spacial score (nSPS) is 12.8. The van der Waals surface area contributed by atoms with E-state index in [1.807, 2.05) is 6.07 Å². The van der Waals surface area contributed by atoms with Crippen LogP contribution in [0.25, 0.3) is 6.08 Å². The molecule has 1 aromatic heterocycles. The third-order valence-corrected chi connectivity index (χ3v) is 3.41. The van der Waals surface area contributed by atoms with Crippen molar-refractivity contribution in [2.75, 3.05) is 12.1 Å². The standard InChI is InChI=1S/C14H9N3O3S/c15-7-10(13(18)17-14-16-3-4-21-14)5-9-1-2-11-12(6-9)20-8-19-11/h1-6H,8H2,(H,16,17,18). The second-order valence-corrected chi connectivity index (χ2v) is 4.97. The minimum Gasteiger partial charge on any atom is -0.454 e. The van der Waals surface area contributed by atoms with Crippen molar-refractivity contribution in [1.82, 2.24) is 4.98 Å². The van der Waals surface area contributed by atoms with Gasteiger partial charge in [0.05, 0.1) is 0 Å². The SMILES string of the molecule is N#CC(=Cc1ccc2c(c1)OCO2)C(=O)Nc1nccs1. The zero-order valence-corrected chi connectivity index (χ0v) is 11.5. The van der Waals surface area contributed by atoms with Crippen molar-refractivity contribution < 1.29 is 14.3 Å². The summed E-state index contributed by atoms with van der Waals surface area (Å²) in [6.07, 6.45) is 3.07. The summed E-state index contributed by atoms with van der Waals surface area (Å²) < 4.78 is 10.5. The van der Waals surface area contributed by atoms with Gasteiger partial charge < -0.3 is 9.47 Å². The lowest BCUT2D eigenvalue weighted by Gasteiger charge is -2.01. The number of rotatable bonds is 3. The van der Waals surface area contributed by atoms with Gasteiger partial charge in [0, 0.05) is 11.6 Å². The number of carbonyl (C=O) groups is 1. The lowest BCUT2D eigenvalue weighted by molar-refractivity contribution is -0.112. The molecule has 2 aromatic rings. The smallest absolute Gasteiger partial charge is 0.268 e. The molecule has 1 aliphatic rings. The molecule has 0 radical (unpaired) electrons. The molecule has 0 aliphatic carbocycles. The first-order valence-corrected chi connectivity index (χ1v) is 6.86. The van der Waals surface area contributed by atoms with Crippen LogP contribution in [0, 0.1) is 11.3 Å². The van der Waals surface area contributed by atoms with Crippen LogP contribution < -0.4 is 14.8 Å². The predicted molar refractivity (Wildman–Crippen MR) is 76.9 cm³/mol. The third-order valence-electron chi connectivity index (χ3n) is 2.73. The van der Waals surface area contributed by atoms with E-state index in [2.05, 4.69) is 10.3 Å². The maximum absolute atomic E-state index is 12.0. The number of hydrogen-bond donors (Lipinski definition) is 1. The minimum absolute atomic E-state index is 0.0101. The van der Waals surface area contributed by atoms with Gasteiger partial charge in [-0.3, -0.25) is 10.1 Å². The summed E-state index contributed by atoms with van der Waals surface area (Å²) in [6.45, 7) is 0.179. The molecule has 21 heavy (non-hydrogen) atoms. The minimum atomic E-state index is -0.495. The molecular weight excluding hydrogens is 290 g/mol. The van der Waals surface area contributed by atoms with Crippen molar-refractivity contribution >= 4 is 28.5 Å². The van der Waals surface area contributed by atoms with Crippen molar-refractivity contribution in [1.29, 1.82) is 5.26 Å². The average molecular weight is 299 g/mol. The number of nitriles is 1. The van der Waals surface area contributed by atoms with Crippen LogP contribution in [0.5, 0.6) is 11.5 Å². The number of ether oxygens (including phenoxy) is 2. The molecule has 2 heterocycles. The van der Waals surface area contributed by atoms with Crippen molar-refractivity contribution in [3.8, 4) is 17.6 Å². The highest BCUT2D eigenvalue weighted by atomic mass is 32.1. The number of nitrogens with one attached hydrogen (secondary N) is 1. The summed E-state index contributed by atoms with van der Waals surface area (Å²) in [5.41, 5.74) is 0.675. The summed E-state index contributed by atoms with van der Waals surface area (Å²) >= 11 is 1.29. The Bertz CT molecular complexity index is 747. The largest absolute Gasteiger partial charge is 0.454 e. The molecule has 1 aliphatic heterocycles. The van der Waals surface area contributed by atoms with Crippen molar-refractivity contribution in [3.63, 3.8) is 0 Å². The molecule has 104 valence electrons. The molecule has 7 heteroatoms. The van der Waals surface area contributed by atoms with Crippen LogP contribution in [-0.4, -0.2) is 17.7 Å². The van der Waals surface area contributed by atoms with Gasteiger partial charge in [0.1, 0.15) is 11.6 Å². The van der Waals surface area contributed by atoms with Crippen LogP contribution in [-0.2, 0) is 4.79 Å². The Hall–Kier alpha value is -2.85. The molecule has 0 atom stereocenters. The maximum Gasteiger partial charge on any atom is 0.268 e. The van der Waals surface area contributed by atoms with Gasteiger partial charge in [-0.2, -0.15) is 5.26 Å². The number of aromatic nitrogens is 1. The first-order valence-electron chi connectivity index (χ1n) is 5.98. The Kier molecular flexibility index (Phi) is 3.53. The van der Waals surface area contributed by atoms with E-state index in [1.165, 1.54) is 17.4 Å². The number of anilines is 1. The topological polar surface area (TPSA) is 84.2 Å². The van der Waals surface area contributed by atoms with Crippen LogP contribution in [0.2, 0.25) is 0 Å². The van der Waals surface area contributed by atoms with Crippen LogP contribution in [0.4, 0.5) is 5.13 Å². The Morgan fingerprint density at radius 1 is 1.43 bits per heavy atom. The molecular formula is C14H9N3O3S. The van der Waals surface area contributed by atoms with E-state index in [9.17, 15) is 4.79 Å². The Labute approximate surface area is 124 Å². The number of thiazole rings is 1. The van der Waals surface area contributed by atoms with Crippen LogP contribution in [0.15, 0.2) is 35.3 Å². The van der Waals surface area contributed by atoms with Crippen LogP contribution >= 0.6 is 11.3 Å². The first kappa shape index (κ1) is 13.1. The van der Waals surface area contributed by atoms with E-state index in [4.69, 9.17) is 14.7 Å². The summed E-state index contributed by atoms with van der Waals surface area (Å²) in [5.74, 6) is 0.754. The molecule has 1 aromatic carbocycles. The molecule has 1 N–H and O–H groups in total. The zero-order chi connectivity index (χ0) is 14.7. The van der Waals surface area contributed by atoms with E-state index in [0.717, 1.165) is 0 Å². The lowest BCUT2D eigenvalue weighted by atomic mass is 10.1. The second kappa shape index (κ2) is 5.64. The van der Waals surface area contributed by atoms with Gasteiger partial charge in [0.25, 0.3) is 5.91 Å². The highest BCUT2D eigenvalue weighted by molar-refractivity contribution is 7.13. The molecule has 1 amide bonds.